The van der Waals surface area contributed by atoms with Gasteiger partial charge in [0.05, 0.1) is 12.6 Å². The van der Waals surface area contributed by atoms with Crippen LogP contribution in [0.3, 0.4) is 0 Å². The number of cyclic esters (lactones) is 1. The predicted octanol–water partition coefficient (Wildman–Crippen LogP) is 1.43. The zero-order chi connectivity index (χ0) is 15.4. The predicted molar refractivity (Wildman–Crippen MR) is 74.8 cm³/mol. The van der Waals surface area contributed by atoms with Crippen molar-refractivity contribution in [1.82, 2.24) is 4.90 Å². The smallest absolute Gasteiger partial charge is 0.417 e. The van der Waals surface area contributed by atoms with Crippen LogP contribution in [0, 0.1) is 5.92 Å². The number of imide groups is 1. The van der Waals surface area contributed by atoms with Gasteiger partial charge in [-0.15, -0.1) is 0 Å². The van der Waals surface area contributed by atoms with E-state index in [1.807, 2.05) is 19.9 Å². The molecule has 1 N–H and O–H groups in total. The van der Waals surface area contributed by atoms with Crippen LogP contribution in [-0.2, 0) is 9.53 Å². The van der Waals surface area contributed by atoms with Gasteiger partial charge in [-0.3, -0.25) is 4.79 Å². The van der Waals surface area contributed by atoms with Crippen LogP contribution in [0.4, 0.5) is 4.79 Å². The van der Waals surface area contributed by atoms with Gasteiger partial charge < -0.3 is 14.6 Å². The van der Waals surface area contributed by atoms with Gasteiger partial charge in [-0.25, -0.2) is 9.69 Å². The molecule has 0 unspecified atom stereocenters. The number of hydrogen-bond donors (Lipinski definition) is 1. The number of aliphatic hydroxyl groups is 1. The zero-order valence-electron chi connectivity index (χ0n) is 12.1. The molecule has 0 aromatic heterocycles. The molecule has 21 heavy (non-hydrogen) atoms. The molecule has 1 saturated heterocycles. The molecule has 1 aliphatic rings. The SMILES string of the molecule is CC(C)[C@H]1COC(=O)N1C(=O)[C@@H](CO)Oc1ccccc1. The quantitative estimate of drug-likeness (QED) is 0.888. The average molecular weight is 293 g/mol. The van der Waals surface area contributed by atoms with E-state index >= 15 is 0 Å². The van der Waals surface area contributed by atoms with Crippen molar-refractivity contribution in [3.05, 3.63) is 30.3 Å². The lowest BCUT2D eigenvalue weighted by Crippen LogP contribution is -2.49. The molecule has 1 fully saturated rings. The average Bonchev–Trinajstić information content (AvgIpc) is 2.87. The number of carbonyl (C=O) groups excluding carboxylic acids is 2. The Bertz CT molecular complexity index is 502. The number of ether oxygens (including phenoxy) is 2. The van der Waals surface area contributed by atoms with Crippen molar-refractivity contribution < 1.29 is 24.2 Å². The molecule has 0 radical (unpaired) electrons. The van der Waals surface area contributed by atoms with E-state index in [2.05, 4.69) is 0 Å². The van der Waals surface area contributed by atoms with Gasteiger partial charge in [-0.2, -0.15) is 0 Å². The summed E-state index contributed by atoms with van der Waals surface area (Å²) in [6, 6.07) is 8.36. The van der Waals surface area contributed by atoms with E-state index in [1.54, 1.807) is 24.3 Å². The molecule has 0 saturated carbocycles. The minimum Gasteiger partial charge on any atom is -0.478 e. The normalized spacial score (nSPS) is 19.5. The molecule has 1 heterocycles. The van der Waals surface area contributed by atoms with E-state index in [0.29, 0.717) is 5.75 Å². The van der Waals surface area contributed by atoms with Crippen LogP contribution < -0.4 is 4.74 Å². The number of hydrogen-bond acceptors (Lipinski definition) is 5. The molecule has 1 aliphatic heterocycles. The fourth-order valence-electron chi connectivity index (χ4n) is 2.16. The number of para-hydroxylation sites is 1. The third kappa shape index (κ3) is 3.33. The van der Waals surface area contributed by atoms with E-state index < -0.39 is 24.7 Å². The Kier molecular flexibility index (Phi) is 4.80. The maximum Gasteiger partial charge on any atom is 0.417 e. The first-order valence-electron chi connectivity index (χ1n) is 6.87. The highest BCUT2D eigenvalue weighted by molar-refractivity contribution is 5.96. The molecule has 2 atom stereocenters. The zero-order valence-corrected chi connectivity index (χ0v) is 12.1. The van der Waals surface area contributed by atoms with E-state index in [1.165, 1.54) is 0 Å². The summed E-state index contributed by atoms with van der Waals surface area (Å²) in [7, 11) is 0. The minimum absolute atomic E-state index is 0.0662. The lowest BCUT2D eigenvalue weighted by Gasteiger charge is -2.26. The second kappa shape index (κ2) is 6.58. The fraction of sp³-hybridized carbons (Fsp3) is 0.467. The van der Waals surface area contributed by atoms with Crippen molar-refractivity contribution in [2.24, 2.45) is 5.92 Å². The Balaban J connectivity index is 2.13. The molecule has 1 aromatic rings. The molecule has 0 spiro atoms. The summed E-state index contributed by atoms with van der Waals surface area (Å²) < 4.78 is 10.4. The van der Waals surface area contributed by atoms with Crippen LogP contribution in [0.1, 0.15) is 13.8 Å². The van der Waals surface area contributed by atoms with Crippen molar-refractivity contribution in [2.45, 2.75) is 26.0 Å². The Morgan fingerprint density at radius 1 is 1.43 bits per heavy atom. The summed E-state index contributed by atoms with van der Waals surface area (Å²) in [5.41, 5.74) is 0. The molecule has 6 heteroatoms. The second-order valence-corrected chi connectivity index (χ2v) is 5.20. The second-order valence-electron chi connectivity index (χ2n) is 5.20. The standard InChI is InChI=1S/C15H19NO5/c1-10(2)12-9-20-15(19)16(12)14(18)13(8-17)21-11-6-4-3-5-7-11/h3-7,10,12-13,17H,8-9H2,1-2H3/t12-,13-/m1/s1. The van der Waals surface area contributed by atoms with Crippen LogP contribution in [0.5, 0.6) is 5.75 Å². The van der Waals surface area contributed by atoms with E-state index in [-0.39, 0.29) is 18.6 Å². The van der Waals surface area contributed by atoms with Crippen LogP contribution in [0.2, 0.25) is 0 Å². The van der Waals surface area contributed by atoms with Crippen LogP contribution in [0.25, 0.3) is 0 Å². The lowest BCUT2D eigenvalue weighted by atomic mass is 10.0. The topological polar surface area (TPSA) is 76.1 Å². The highest BCUT2D eigenvalue weighted by Gasteiger charge is 2.42. The molecular weight excluding hydrogens is 274 g/mol. The summed E-state index contributed by atoms with van der Waals surface area (Å²) >= 11 is 0. The maximum absolute atomic E-state index is 12.4. The van der Waals surface area contributed by atoms with E-state index in [4.69, 9.17) is 9.47 Å². The number of nitrogens with zero attached hydrogens (tertiary/aromatic N) is 1. The third-order valence-electron chi connectivity index (χ3n) is 3.38. The molecule has 1 aromatic carbocycles. The van der Waals surface area contributed by atoms with Crippen molar-refractivity contribution in [3.8, 4) is 5.75 Å². The van der Waals surface area contributed by atoms with Gasteiger partial charge in [0.1, 0.15) is 12.4 Å². The van der Waals surface area contributed by atoms with Crippen molar-refractivity contribution >= 4 is 12.0 Å². The molecular formula is C15H19NO5. The Morgan fingerprint density at radius 2 is 2.10 bits per heavy atom. The fourth-order valence-corrected chi connectivity index (χ4v) is 2.16. The van der Waals surface area contributed by atoms with Gasteiger partial charge in [0.15, 0.2) is 0 Å². The first kappa shape index (κ1) is 15.3. The molecule has 0 aliphatic carbocycles. The number of carbonyl (C=O) groups is 2. The van der Waals surface area contributed by atoms with Crippen LogP contribution in [0.15, 0.2) is 30.3 Å². The van der Waals surface area contributed by atoms with E-state index in [9.17, 15) is 14.7 Å². The minimum atomic E-state index is -1.13. The van der Waals surface area contributed by atoms with Gasteiger partial charge >= 0.3 is 6.09 Å². The van der Waals surface area contributed by atoms with Gasteiger partial charge in [0.25, 0.3) is 5.91 Å². The first-order valence-corrected chi connectivity index (χ1v) is 6.87. The summed E-state index contributed by atoms with van der Waals surface area (Å²) in [5.74, 6) is -0.0578. The van der Waals surface area contributed by atoms with Gasteiger partial charge in [-0.05, 0) is 18.1 Å². The van der Waals surface area contributed by atoms with Crippen LogP contribution >= 0.6 is 0 Å². The van der Waals surface area contributed by atoms with Gasteiger partial charge in [0, 0.05) is 0 Å². The summed E-state index contributed by atoms with van der Waals surface area (Å²) in [6.07, 6.45) is -1.81. The largest absolute Gasteiger partial charge is 0.478 e. The number of amides is 2. The summed E-state index contributed by atoms with van der Waals surface area (Å²) in [5, 5.41) is 9.40. The number of benzene rings is 1. The molecule has 0 bridgehead atoms. The van der Waals surface area contributed by atoms with Gasteiger partial charge in [-0.1, -0.05) is 32.0 Å². The number of aliphatic hydroxyl groups excluding tert-OH is 1. The number of rotatable bonds is 5. The van der Waals surface area contributed by atoms with Crippen molar-refractivity contribution in [3.63, 3.8) is 0 Å². The Morgan fingerprint density at radius 3 is 2.67 bits per heavy atom. The Labute approximate surface area is 123 Å². The lowest BCUT2D eigenvalue weighted by molar-refractivity contribution is -0.138. The molecule has 6 nitrogen and oxygen atoms in total. The summed E-state index contributed by atoms with van der Waals surface area (Å²) in [4.78, 5) is 25.2. The van der Waals surface area contributed by atoms with E-state index in [0.717, 1.165) is 4.90 Å². The molecule has 2 amide bonds. The third-order valence-corrected chi connectivity index (χ3v) is 3.38. The Hall–Kier alpha value is -2.08. The summed E-state index contributed by atoms with van der Waals surface area (Å²) in [6.45, 7) is 3.46. The highest BCUT2D eigenvalue weighted by Crippen LogP contribution is 2.22. The maximum atomic E-state index is 12.4. The van der Waals surface area contributed by atoms with Crippen molar-refractivity contribution in [2.75, 3.05) is 13.2 Å². The monoisotopic (exact) mass is 293 g/mol. The van der Waals surface area contributed by atoms with Crippen LogP contribution in [-0.4, -0.2) is 47.4 Å². The first-order chi connectivity index (χ1) is 10.0. The van der Waals surface area contributed by atoms with Gasteiger partial charge in [0.2, 0.25) is 6.10 Å². The molecule has 2 rings (SSSR count). The molecule has 114 valence electrons. The highest BCUT2D eigenvalue weighted by atomic mass is 16.6. The van der Waals surface area contributed by atoms with Crippen molar-refractivity contribution in [1.29, 1.82) is 0 Å².